The Labute approximate surface area is 88.5 Å². The molecule has 80 valence electrons. The first-order chi connectivity index (χ1) is 7.06. The molecule has 0 aliphatic heterocycles. The number of rotatable bonds is 2. The molecule has 0 saturated heterocycles. The van der Waals surface area contributed by atoms with Gasteiger partial charge < -0.3 is 10.3 Å². The molecule has 0 unspecified atom stereocenters. The zero-order chi connectivity index (χ0) is 11.1. The van der Waals surface area contributed by atoms with Gasteiger partial charge in [-0.25, -0.2) is 4.39 Å². The van der Waals surface area contributed by atoms with Crippen LogP contribution in [0.4, 0.5) is 4.39 Å². The highest BCUT2D eigenvalue weighted by atomic mass is 19.1. The van der Waals surface area contributed by atoms with Crippen LogP contribution in [0.2, 0.25) is 0 Å². The van der Waals surface area contributed by atoms with Gasteiger partial charge in [0.1, 0.15) is 5.82 Å². The molecule has 1 aromatic carbocycles. The fourth-order valence-electron chi connectivity index (χ4n) is 1.77. The molecule has 2 rings (SSSR count). The number of benzene rings is 1. The molecular formula is C12H15FN2. The maximum atomic E-state index is 13.7. The summed E-state index contributed by atoms with van der Waals surface area (Å²) in [5.74, 6) is -0.174. The summed E-state index contributed by atoms with van der Waals surface area (Å²) in [6.07, 6.45) is 1.87. The number of aromatic amines is 1. The maximum absolute atomic E-state index is 13.7. The van der Waals surface area contributed by atoms with E-state index in [0.29, 0.717) is 5.39 Å². The molecule has 2 N–H and O–H groups in total. The van der Waals surface area contributed by atoms with Crippen molar-refractivity contribution in [2.24, 2.45) is 0 Å². The van der Waals surface area contributed by atoms with E-state index in [4.69, 9.17) is 0 Å². The third kappa shape index (κ3) is 1.53. The lowest BCUT2D eigenvalue weighted by atomic mass is 9.94. The Balaban J connectivity index is 2.73. The third-order valence-corrected chi connectivity index (χ3v) is 2.95. The van der Waals surface area contributed by atoms with Gasteiger partial charge in [0.05, 0.1) is 0 Å². The summed E-state index contributed by atoms with van der Waals surface area (Å²) in [7, 11) is 1.87. The van der Waals surface area contributed by atoms with E-state index in [-0.39, 0.29) is 11.4 Å². The first-order valence-electron chi connectivity index (χ1n) is 5.01. The van der Waals surface area contributed by atoms with E-state index >= 15 is 0 Å². The second-order valence-electron chi connectivity index (χ2n) is 4.24. The van der Waals surface area contributed by atoms with Crippen molar-refractivity contribution in [3.8, 4) is 0 Å². The van der Waals surface area contributed by atoms with E-state index in [1.165, 1.54) is 6.07 Å². The Morgan fingerprint density at radius 1 is 1.33 bits per heavy atom. The van der Waals surface area contributed by atoms with E-state index < -0.39 is 0 Å². The molecule has 0 amide bonds. The smallest absolute Gasteiger partial charge is 0.132 e. The van der Waals surface area contributed by atoms with Crippen LogP contribution in [-0.4, -0.2) is 12.0 Å². The Morgan fingerprint density at radius 2 is 2.07 bits per heavy atom. The van der Waals surface area contributed by atoms with Crippen LogP contribution in [0.3, 0.4) is 0 Å². The number of nitrogens with one attached hydrogen (secondary N) is 2. The fraction of sp³-hybridized carbons (Fsp3) is 0.333. The Morgan fingerprint density at radius 3 is 2.73 bits per heavy atom. The minimum atomic E-state index is -0.236. The van der Waals surface area contributed by atoms with Crippen LogP contribution in [0.15, 0.2) is 24.4 Å². The lowest BCUT2D eigenvalue weighted by molar-refractivity contribution is 0.447. The highest BCUT2D eigenvalue weighted by Crippen LogP contribution is 2.29. The largest absolute Gasteiger partial charge is 0.361 e. The zero-order valence-corrected chi connectivity index (χ0v) is 9.19. The third-order valence-electron chi connectivity index (χ3n) is 2.95. The van der Waals surface area contributed by atoms with Gasteiger partial charge in [0.2, 0.25) is 0 Å². The normalized spacial score (nSPS) is 12.3. The van der Waals surface area contributed by atoms with Gasteiger partial charge in [0.15, 0.2) is 0 Å². The summed E-state index contributed by atoms with van der Waals surface area (Å²) in [5.41, 5.74) is 1.56. The van der Waals surface area contributed by atoms with Gasteiger partial charge in [0, 0.05) is 22.6 Å². The number of H-pyrrole nitrogens is 1. The first kappa shape index (κ1) is 10.2. The zero-order valence-electron chi connectivity index (χ0n) is 9.19. The number of hydrogen-bond acceptors (Lipinski definition) is 1. The molecular weight excluding hydrogens is 191 g/mol. The lowest BCUT2D eigenvalue weighted by Gasteiger charge is -2.23. The van der Waals surface area contributed by atoms with E-state index in [1.807, 2.05) is 33.2 Å². The number of hydrogen-bond donors (Lipinski definition) is 2. The molecule has 1 aromatic heterocycles. The maximum Gasteiger partial charge on any atom is 0.132 e. The van der Waals surface area contributed by atoms with Crippen LogP contribution >= 0.6 is 0 Å². The van der Waals surface area contributed by atoms with Crippen LogP contribution in [0, 0.1) is 5.82 Å². The molecule has 0 bridgehead atoms. The highest BCUT2D eigenvalue weighted by Gasteiger charge is 2.23. The van der Waals surface area contributed by atoms with Gasteiger partial charge in [-0.05, 0) is 38.6 Å². The standard InChI is InChI=1S/C12H15FN2/c1-12(2,14-3)8-7-15-10-6-4-5-9(13)11(8)10/h4-7,14-15H,1-3H3. The average molecular weight is 206 g/mol. The molecule has 0 spiro atoms. The molecule has 0 atom stereocenters. The minimum absolute atomic E-state index is 0.174. The Bertz CT molecular complexity index is 485. The summed E-state index contributed by atoms with van der Waals surface area (Å²) < 4.78 is 13.7. The van der Waals surface area contributed by atoms with Gasteiger partial charge in [-0.15, -0.1) is 0 Å². The predicted octanol–water partition coefficient (Wildman–Crippen LogP) is 2.76. The first-order valence-corrected chi connectivity index (χ1v) is 5.01. The van der Waals surface area contributed by atoms with Crippen LogP contribution < -0.4 is 5.32 Å². The summed E-state index contributed by atoms with van der Waals surface area (Å²) in [6, 6.07) is 5.09. The van der Waals surface area contributed by atoms with Crippen molar-refractivity contribution in [2.45, 2.75) is 19.4 Å². The van der Waals surface area contributed by atoms with E-state index in [0.717, 1.165) is 11.1 Å². The second-order valence-corrected chi connectivity index (χ2v) is 4.24. The quantitative estimate of drug-likeness (QED) is 0.777. The average Bonchev–Trinajstić information content (AvgIpc) is 2.63. The van der Waals surface area contributed by atoms with Crippen molar-refractivity contribution in [2.75, 3.05) is 7.05 Å². The second kappa shape index (κ2) is 3.35. The molecule has 2 nitrogen and oxygen atoms in total. The molecule has 0 aliphatic carbocycles. The summed E-state index contributed by atoms with van der Waals surface area (Å²) in [5, 5.41) is 3.85. The van der Waals surface area contributed by atoms with Crippen molar-refractivity contribution in [3.63, 3.8) is 0 Å². The van der Waals surface area contributed by atoms with Gasteiger partial charge in [-0.3, -0.25) is 0 Å². The number of fused-ring (bicyclic) bond motifs is 1. The molecule has 0 radical (unpaired) electrons. The van der Waals surface area contributed by atoms with Gasteiger partial charge in [-0.2, -0.15) is 0 Å². The lowest BCUT2D eigenvalue weighted by Crippen LogP contribution is -2.32. The van der Waals surface area contributed by atoms with Crippen molar-refractivity contribution in [1.29, 1.82) is 0 Å². The summed E-state index contributed by atoms with van der Waals surface area (Å²) >= 11 is 0. The van der Waals surface area contributed by atoms with Crippen molar-refractivity contribution >= 4 is 10.9 Å². The Hall–Kier alpha value is -1.35. The fourth-order valence-corrected chi connectivity index (χ4v) is 1.77. The number of aromatic nitrogens is 1. The molecule has 0 aliphatic rings. The van der Waals surface area contributed by atoms with Crippen LogP contribution in [0.25, 0.3) is 10.9 Å². The molecule has 1 heterocycles. The predicted molar refractivity (Wildman–Crippen MR) is 60.3 cm³/mol. The van der Waals surface area contributed by atoms with Gasteiger partial charge >= 0.3 is 0 Å². The van der Waals surface area contributed by atoms with Crippen LogP contribution in [0.1, 0.15) is 19.4 Å². The highest BCUT2D eigenvalue weighted by molar-refractivity contribution is 5.84. The Kier molecular flexibility index (Phi) is 2.27. The van der Waals surface area contributed by atoms with E-state index in [9.17, 15) is 4.39 Å². The molecule has 0 fully saturated rings. The van der Waals surface area contributed by atoms with Crippen molar-refractivity contribution in [3.05, 3.63) is 35.8 Å². The topological polar surface area (TPSA) is 27.8 Å². The minimum Gasteiger partial charge on any atom is -0.361 e. The summed E-state index contributed by atoms with van der Waals surface area (Å²) in [6.45, 7) is 4.06. The van der Waals surface area contributed by atoms with Crippen LogP contribution in [-0.2, 0) is 5.54 Å². The summed E-state index contributed by atoms with van der Waals surface area (Å²) in [4.78, 5) is 3.09. The molecule has 15 heavy (non-hydrogen) atoms. The molecule has 0 saturated carbocycles. The number of halogens is 1. The van der Waals surface area contributed by atoms with Crippen LogP contribution in [0.5, 0.6) is 0 Å². The van der Waals surface area contributed by atoms with E-state index in [2.05, 4.69) is 10.3 Å². The van der Waals surface area contributed by atoms with E-state index in [1.54, 1.807) is 6.07 Å². The van der Waals surface area contributed by atoms with Gasteiger partial charge in [-0.1, -0.05) is 6.07 Å². The van der Waals surface area contributed by atoms with Gasteiger partial charge in [0.25, 0.3) is 0 Å². The molecule has 3 heteroatoms. The monoisotopic (exact) mass is 206 g/mol. The molecule has 2 aromatic rings. The van der Waals surface area contributed by atoms with Crippen molar-refractivity contribution in [1.82, 2.24) is 10.3 Å². The van der Waals surface area contributed by atoms with Crippen molar-refractivity contribution < 1.29 is 4.39 Å². The SMILES string of the molecule is CNC(C)(C)c1c[nH]c2cccc(F)c12.